The topological polar surface area (TPSA) is 41.5 Å². The molecule has 1 aromatic carbocycles. The molecule has 0 saturated heterocycles. The summed E-state index contributed by atoms with van der Waals surface area (Å²) in [5.74, 6) is -0.236. The molecule has 0 aromatic heterocycles. The van der Waals surface area contributed by atoms with Crippen LogP contribution in [0.15, 0.2) is 24.3 Å². The van der Waals surface area contributed by atoms with E-state index in [1.807, 2.05) is 6.92 Å². The largest absolute Gasteiger partial charge is 0.389 e. The van der Waals surface area contributed by atoms with Gasteiger partial charge in [0.05, 0.1) is 12.7 Å². The van der Waals surface area contributed by atoms with Crippen LogP contribution in [0.3, 0.4) is 0 Å². The van der Waals surface area contributed by atoms with Crippen molar-refractivity contribution in [3.63, 3.8) is 0 Å². The van der Waals surface area contributed by atoms with E-state index in [0.29, 0.717) is 19.8 Å². The Balaban J connectivity index is 2.22. The highest BCUT2D eigenvalue weighted by Gasteiger charge is 2.09. The van der Waals surface area contributed by atoms with E-state index in [9.17, 15) is 9.50 Å². The lowest BCUT2D eigenvalue weighted by Crippen LogP contribution is -2.32. The maximum absolute atomic E-state index is 12.8. The summed E-state index contributed by atoms with van der Waals surface area (Å²) in [7, 11) is 0. The Bertz CT molecular complexity index is 343. The van der Waals surface area contributed by atoms with Crippen molar-refractivity contribution in [2.24, 2.45) is 0 Å². The van der Waals surface area contributed by atoms with Crippen LogP contribution in [0.25, 0.3) is 0 Å². The minimum Gasteiger partial charge on any atom is -0.389 e. The molecule has 4 heteroatoms. The Hall–Kier alpha value is -0.970. The molecule has 1 unspecified atom stereocenters. The van der Waals surface area contributed by atoms with E-state index >= 15 is 0 Å². The normalized spacial score (nSPS) is 14.3. The van der Waals surface area contributed by atoms with Gasteiger partial charge in [-0.3, -0.25) is 0 Å². The lowest BCUT2D eigenvalue weighted by Gasteiger charge is -2.17. The van der Waals surface area contributed by atoms with Crippen molar-refractivity contribution < 1.29 is 14.2 Å². The SMILES string of the molecule is CCCCOCC(O)CN[C@H](C)c1ccc(F)cc1. The molecule has 0 fully saturated rings. The highest BCUT2D eigenvalue weighted by Crippen LogP contribution is 2.12. The molecule has 0 saturated carbocycles. The Morgan fingerprint density at radius 2 is 2.00 bits per heavy atom. The summed E-state index contributed by atoms with van der Waals surface area (Å²) < 4.78 is 18.1. The smallest absolute Gasteiger partial charge is 0.123 e. The number of rotatable bonds is 9. The first kappa shape index (κ1) is 16.1. The van der Waals surface area contributed by atoms with Crippen LogP contribution >= 0.6 is 0 Å². The average molecular weight is 269 g/mol. The predicted octanol–water partition coefficient (Wildman–Crippen LogP) is 2.65. The third-order valence-corrected chi connectivity index (χ3v) is 2.98. The van der Waals surface area contributed by atoms with Gasteiger partial charge < -0.3 is 15.2 Å². The number of nitrogens with one attached hydrogen (secondary N) is 1. The molecule has 0 radical (unpaired) electrons. The van der Waals surface area contributed by atoms with Gasteiger partial charge >= 0.3 is 0 Å². The summed E-state index contributed by atoms with van der Waals surface area (Å²) in [5.41, 5.74) is 1.00. The maximum atomic E-state index is 12.8. The lowest BCUT2D eigenvalue weighted by molar-refractivity contribution is 0.0348. The van der Waals surface area contributed by atoms with Crippen LogP contribution in [0.2, 0.25) is 0 Å². The second-order valence-electron chi connectivity index (χ2n) is 4.76. The fourth-order valence-electron chi connectivity index (χ4n) is 1.71. The molecule has 0 heterocycles. The molecular weight excluding hydrogens is 245 g/mol. The minimum atomic E-state index is -0.514. The van der Waals surface area contributed by atoms with E-state index in [0.717, 1.165) is 18.4 Å². The van der Waals surface area contributed by atoms with Gasteiger partial charge in [0.15, 0.2) is 0 Å². The standard InChI is InChI=1S/C15H24FNO2/c1-3-4-9-19-11-15(18)10-17-12(2)13-5-7-14(16)8-6-13/h5-8,12,15,17-18H,3-4,9-11H2,1-2H3/t12-,15?/m1/s1. The zero-order valence-corrected chi connectivity index (χ0v) is 11.7. The molecule has 0 bridgehead atoms. The highest BCUT2D eigenvalue weighted by molar-refractivity contribution is 5.19. The van der Waals surface area contributed by atoms with Crippen molar-refractivity contribution in [3.8, 4) is 0 Å². The van der Waals surface area contributed by atoms with Crippen molar-refractivity contribution in [1.82, 2.24) is 5.32 Å². The number of ether oxygens (including phenoxy) is 1. The Kier molecular flexibility index (Phi) is 7.63. The number of hydrogen-bond acceptors (Lipinski definition) is 3. The summed E-state index contributed by atoms with van der Waals surface area (Å²) in [6.07, 6.45) is 1.60. The summed E-state index contributed by atoms with van der Waals surface area (Å²) >= 11 is 0. The van der Waals surface area contributed by atoms with E-state index in [-0.39, 0.29) is 11.9 Å². The molecule has 2 atom stereocenters. The fourth-order valence-corrected chi connectivity index (χ4v) is 1.71. The lowest BCUT2D eigenvalue weighted by atomic mass is 10.1. The zero-order valence-electron chi connectivity index (χ0n) is 11.7. The van der Waals surface area contributed by atoms with Crippen molar-refractivity contribution in [3.05, 3.63) is 35.6 Å². The molecule has 0 aliphatic heterocycles. The van der Waals surface area contributed by atoms with E-state index in [2.05, 4.69) is 12.2 Å². The first-order valence-corrected chi connectivity index (χ1v) is 6.88. The van der Waals surface area contributed by atoms with Gasteiger partial charge in [0, 0.05) is 19.2 Å². The molecule has 0 spiro atoms. The quantitative estimate of drug-likeness (QED) is 0.677. The first-order chi connectivity index (χ1) is 9.13. The molecule has 0 amide bonds. The van der Waals surface area contributed by atoms with Crippen molar-refractivity contribution >= 4 is 0 Å². The zero-order chi connectivity index (χ0) is 14.1. The van der Waals surface area contributed by atoms with Crippen LogP contribution in [-0.4, -0.2) is 31.0 Å². The summed E-state index contributed by atoms with van der Waals surface area (Å²) in [4.78, 5) is 0. The molecule has 2 N–H and O–H groups in total. The van der Waals surface area contributed by atoms with Gasteiger partial charge in [0.2, 0.25) is 0 Å². The monoisotopic (exact) mass is 269 g/mol. The molecule has 1 aromatic rings. The molecule has 108 valence electrons. The van der Waals surface area contributed by atoms with Gasteiger partial charge in [-0.05, 0) is 31.0 Å². The Labute approximate surface area is 114 Å². The molecule has 3 nitrogen and oxygen atoms in total. The van der Waals surface area contributed by atoms with Crippen molar-refractivity contribution in [2.75, 3.05) is 19.8 Å². The predicted molar refractivity (Wildman–Crippen MR) is 74.6 cm³/mol. The van der Waals surface area contributed by atoms with Crippen LogP contribution in [-0.2, 0) is 4.74 Å². The van der Waals surface area contributed by atoms with Crippen LogP contribution in [0.4, 0.5) is 4.39 Å². The van der Waals surface area contributed by atoms with E-state index in [1.165, 1.54) is 12.1 Å². The molecule has 0 aliphatic carbocycles. The molecule has 1 rings (SSSR count). The maximum Gasteiger partial charge on any atom is 0.123 e. The van der Waals surface area contributed by atoms with E-state index < -0.39 is 6.10 Å². The van der Waals surface area contributed by atoms with Gasteiger partial charge in [-0.2, -0.15) is 0 Å². The number of aliphatic hydroxyl groups excluding tert-OH is 1. The number of unbranched alkanes of at least 4 members (excludes halogenated alkanes) is 1. The second kappa shape index (κ2) is 9.02. The average Bonchev–Trinajstić information content (AvgIpc) is 2.42. The number of benzene rings is 1. The van der Waals surface area contributed by atoms with Gasteiger partial charge in [-0.15, -0.1) is 0 Å². The summed E-state index contributed by atoms with van der Waals surface area (Å²) in [6, 6.07) is 6.45. The van der Waals surface area contributed by atoms with Gasteiger partial charge in [0.1, 0.15) is 5.82 Å². The molecular formula is C15H24FNO2. The third kappa shape index (κ3) is 6.66. The van der Waals surface area contributed by atoms with Gasteiger partial charge in [0.25, 0.3) is 0 Å². The fraction of sp³-hybridized carbons (Fsp3) is 0.600. The Morgan fingerprint density at radius 1 is 1.32 bits per heavy atom. The van der Waals surface area contributed by atoms with E-state index in [1.54, 1.807) is 12.1 Å². The minimum absolute atomic E-state index is 0.0749. The first-order valence-electron chi connectivity index (χ1n) is 6.88. The highest BCUT2D eigenvalue weighted by atomic mass is 19.1. The number of halogens is 1. The van der Waals surface area contributed by atoms with Crippen LogP contribution < -0.4 is 5.32 Å². The van der Waals surface area contributed by atoms with Gasteiger partial charge in [-0.25, -0.2) is 4.39 Å². The Morgan fingerprint density at radius 3 is 2.63 bits per heavy atom. The number of hydrogen-bond donors (Lipinski definition) is 2. The van der Waals surface area contributed by atoms with Crippen LogP contribution in [0, 0.1) is 5.82 Å². The van der Waals surface area contributed by atoms with Crippen LogP contribution in [0.5, 0.6) is 0 Å². The van der Waals surface area contributed by atoms with Crippen LogP contribution in [0.1, 0.15) is 38.3 Å². The molecule has 19 heavy (non-hydrogen) atoms. The van der Waals surface area contributed by atoms with E-state index in [4.69, 9.17) is 4.74 Å². The van der Waals surface area contributed by atoms with Crippen molar-refractivity contribution in [2.45, 2.75) is 38.8 Å². The van der Waals surface area contributed by atoms with Gasteiger partial charge in [-0.1, -0.05) is 25.5 Å². The second-order valence-corrected chi connectivity index (χ2v) is 4.76. The summed E-state index contributed by atoms with van der Waals surface area (Å²) in [5, 5.41) is 12.9. The summed E-state index contributed by atoms with van der Waals surface area (Å²) in [6.45, 7) is 5.60. The third-order valence-electron chi connectivity index (χ3n) is 2.98. The van der Waals surface area contributed by atoms with Crippen molar-refractivity contribution in [1.29, 1.82) is 0 Å². The number of aliphatic hydroxyl groups is 1. The molecule has 0 aliphatic rings.